The van der Waals surface area contributed by atoms with Crippen LogP contribution >= 0.6 is 0 Å². The maximum absolute atomic E-state index is 5.21. The van der Waals surface area contributed by atoms with Crippen molar-refractivity contribution in [3.05, 3.63) is 0 Å². The first-order valence-corrected chi connectivity index (χ1v) is 6.00. The largest absolute Gasteiger partial charge is 0.301 e. The van der Waals surface area contributed by atoms with Gasteiger partial charge in [-0.15, -0.1) is 0 Å². The van der Waals surface area contributed by atoms with E-state index in [2.05, 4.69) is 4.90 Å². The molecule has 3 heteroatoms. The molecule has 0 aromatic rings. The van der Waals surface area contributed by atoms with Crippen molar-refractivity contribution in [1.82, 2.24) is 4.90 Å². The molecule has 82 valence electrons. The summed E-state index contributed by atoms with van der Waals surface area (Å²) in [4.78, 5) is 7.59. The monoisotopic (exact) mass is 198 g/mol. The Morgan fingerprint density at radius 2 is 1.57 bits per heavy atom. The SMILES string of the molecule is NOC1CCC(N2CCCCC2)CC1. The molecule has 0 bridgehead atoms. The molecule has 1 heterocycles. The zero-order chi connectivity index (χ0) is 9.80. The molecule has 0 spiro atoms. The lowest BCUT2D eigenvalue weighted by Gasteiger charge is -2.38. The van der Waals surface area contributed by atoms with Gasteiger partial charge < -0.3 is 9.74 Å². The molecule has 2 aliphatic rings. The fraction of sp³-hybridized carbons (Fsp3) is 1.00. The Morgan fingerprint density at radius 1 is 0.929 bits per heavy atom. The van der Waals surface area contributed by atoms with Gasteiger partial charge in [-0.05, 0) is 51.6 Å². The third-order valence-corrected chi connectivity index (χ3v) is 3.74. The second-order valence-electron chi connectivity index (χ2n) is 4.66. The van der Waals surface area contributed by atoms with E-state index in [1.807, 2.05) is 0 Å². The number of hydrogen-bond acceptors (Lipinski definition) is 3. The van der Waals surface area contributed by atoms with E-state index in [1.165, 1.54) is 45.2 Å². The zero-order valence-electron chi connectivity index (χ0n) is 8.95. The molecule has 1 aliphatic heterocycles. The lowest BCUT2D eigenvalue weighted by atomic mass is 9.91. The van der Waals surface area contributed by atoms with Crippen molar-refractivity contribution in [1.29, 1.82) is 0 Å². The minimum atomic E-state index is 0.330. The van der Waals surface area contributed by atoms with Gasteiger partial charge in [-0.2, -0.15) is 0 Å². The molecular weight excluding hydrogens is 176 g/mol. The van der Waals surface area contributed by atoms with Crippen molar-refractivity contribution in [2.75, 3.05) is 13.1 Å². The molecule has 1 saturated heterocycles. The summed E-state index contributed by atoms with van der Waals surface area (Å²) in [6.45, 7) is 2.64. The lowest BCUT2D eigenvalue weighted by Crippen LogP contribution is -2.42. The highest BCUT2D eigenvalue weighted by atomic mass is 16.6. The van der Waals surface area contributed by atoms with Crippen molar-refractivity contribution in [2.24, 2.45) is 5.90 Å². The Kier molecular flexibility index (Phi) is 3.79. The molecule has 2 N–H and O–H groups in total. The standard InChI is InChI=1S/C11H22N2O/c12-14-11-6-4-10(5-7-11)13-8-2-1-3-9-13/h10-11H,1-9,12H2. The van der Waals surface area contributed by atoms with E-state index in [4.69, 9.17) is 10.7 Å². The van der Waals surface area contributed by atoms with Crippen LogP contribution in [0.5, 0.6) is 0 Å². The Bertz CT molecular complexity index is 161. The van der Waals surface area contributed by atoms with Gasteiger partial charge >= 0.3 is 0 Å². The van der Waals surface area contributed by atoms with E-state index in [9.17, 15) is 0 Å². The van der Waals surface area contributed by atoms with Crippen LogP contribution in [-0.4, -0.2) is 30.1 Å². The maximum Gasteiger partial charge on any atom is 0.0788 e. The molecule has 14 heavy (non-hydrogen) atoms. The molecule has 2 fully saturated rings. The van der Waals surface area contributed by atoms with Crippen LogP contribution in [0.4, 0.5) is 0 Å². The molecular formula is C11H22N2O. The third kappa shape index (κ3) is 2.47. The number of likely N-dealkylation sites (tertiary alicyclic amines) is 1. The van der Waals surface area contributed by atoms with E-state index in [-0.39, 0.29) is 0 Å². The van der Waals surface area contributed by atoms with Crippen LogP contribution in [0.2, 0.25) is 0 Å². The van der Waals surface area contributed by atoms with Crippen molar-refractivity contribution in [2.45, 2.75) is 57.1 Å². The average Bonchev–Trinajstić information content (AvgIpc) is 2.30. The highest BCUT2D eigenvalue weighted by Gasteiger charge is 2.26. The predicted octanol–water partition coefficient (Wildman–Crippen LogP) is 1.67. The van der Waals surface area contributed by atoms with Crippen LogP contribution in [0.25, 0.3) is 0 Å². The van der Waals surface area contributed by atoms with Crippen molar-refractivity contribution >= 4 is 0 Å². The number of nitrogens with two attached hydrogens (primary N) is 1. The topological polar surface area (TPSA) is 38.5 Å². The van der Waals surface area contributed by atoms with E-state index in [0.29, 0.717) is 6.10 Å². The highest BCUT2D eigenvalue weighted by Crippen LogP contribution is 2.26. The van der Waals surface area contributed by atoms with Gasteiger partial charge in [0.05, 0.1) is 6.10 Å². The van der Waals surface area contributed by atoms with Gasteiger partial charge in [-0.25, -0.2) is 5.90 Å². The summed E-state index contributed by atoms with van der Waals surface area (Å²) >= 11 is 0. The van der Waals surface area contributed by atoms with Gasteiger partial charge in [0.15, 0.2) is 0 Å². The summed E-state index contributed by atoms with van der Waals surface area (Å²) in [6, 6.07) is 0.821. The normalized spacial score (nSPS) is 35.8. The van der Waals surface area contributed by atoms with E-state index in [0.717, 1.165) is 18.9 Å². The summed E-state index contributed by atoms with van der Waals surface area (Å²) < 4.78 is 0. The minimum absolute atomic E-state index is 0.330. The first-order valence-electron chi connectivity index (χ1n) is 6.00. The van der Waals surface area contributed by atoms with Crippen LogP contribution in [0, 0.1) is 0 Å². The molecule has 0 radical (unpaired) electrons. The van der Waals surface area contributed by atoms with Crippen LogP contribution in [0.3, 0.4) is 0 Å². The predicted molar refractivity (Wildman–Crippen MR) is 56.7 cm³/mol. The first-order chi connectivity index (χ1) is 6.90. The fourth-order valence-corrected chi connectivity index (χ4v) is 2.83. The Morgan fingerprint density at radius 3 is 2.14 bits per heavy atom. The number of rotatable bonds is 2. The van der Waals surface area contributed by atoms with Crippen LogP contribution in [0.15, 0.2) is 0 Å². The van der Waals surface area contributed by atoms with Gasteiger partial charge in [-0.3, -0.25) is 0 Å². The van der Waals surface area contributed by atoms with Crippen LogP contribution in [0.1, 0.15) is 44.9 Å². The molecule has 0 atom stereocenters. The van der Waals surface area contributed by atoms with E-state index >= 15 is 0 Å². The van der Waals surface area contributed by atoms with Crippen molar-refractivity contribution in [3.8, 4) is 0 Å². The number of hydrogen-bond donors (Lipinski definition) is 1. The summed E-state index contributed by atoms with van der Waals surface area (Å²) in [5.41, 5.74) is 0. The summed E-state index contributed by atoms with van der Waals surface area (Å²) in [6.07, 6.45) is 9.41. The number of piperidine rings is 1. The van der Waals surface area contributed by atoms with Crippen LogP contribution in [-0.2, 0) is 4.84 Å². The van der Waals surface area contributed by atoms with Gasteiger partial charge in [0, 0.05) is 6.04 Å². The van der Waals surface area contributed by atoms with Gasteiger partial charge in [0.1, 0.15) is 0 Å². The molecule has 0 unspecified atom stereocenters. The molecule has 2 rings (SSSR count). The van der Waals surface area contributed by atoms with Crippen LogP contribution < -0.4 is 5.90 Å². The molecule has 0 aromatic carbocycles. The minimum Gasteiger partial charge on any atom is -0.301 e. The van der Waals surface area contributed by atoms with Gasteiger partial charge in [0.25, 0.3) is 0 Å². The Labute approximate surface area is 86.5 Å². The van der Waals surface area contributed by atoms with Crippen molar-refractivity contribution in [3.63, 3.8) is 0 Å². The third-order valence-electron chi connectivity index (χ3n) is 3.74. The van der Waals surface area contributed by atoms with E-state index in [1.54, 1.807) is 0 Å². The second-order valence-corrected chi connectivity index (χ2v) is 4.66. The Balaban J connectivity index is 1.76. The van der Waals surface area contributed by atoms with E-state index < -0.39 is 0 Å². The first kappa shape index (κ1) is 10.4. The molecule has 0 aromatic heterocycles. The molecule has 1 aliphatic carbocycles. The van der Waals surface area contributed by atoms with Gasteiger partial charge in [0.2, 0.25) is 0 Å². The maximum atomic E-state index is 5.21. The summed E-state index contributed by atoms with van der Waals surface area (Å²) in [5.74, 6) is 5.21. The number of nitrogens with zero attached hydrogens (tertiary/aromatic N) is 1. The Hall–Kier alpha value is -0.120. The fourth-order valence-electron chi connectivity index (χ4n) is 2.83. The smallest absolute Gasteiger partial charge is 0.0788 e. The molecule has 3 nitrogen and oxygen atoms in total. The van der Waals surface area contributed by atoms with Gasteiger partial charge in [-0.1, -0.05) is 6.42 Å². The average molecular weight is 198 g/mol. The second kappa shape index (κ2) is 5.10. The summed E-state index contributed by atoms with van der Waals surface area (Å²) in [5, 5.41) is 0. The highest BCUT2D eigenvalue weighted by molar-refractivity contribution is 4.81. The quantitative estimate of drug-likeness (QED) is 0.686. The zero-order valence-corrected chi connectivity index (χ0v) is 8.95. The summed E-state index contributed by atoms with van der Waals surface area (Å²) in [7, 11) is 0. The molecule has 0 amide bonds. The molecule has 1 saturated carbocycles. The van der Waals surface area contributed by atoms with Crippen molar-refractivity contribution < 1.29 is 4.84 Å². The lowest BCUT2D eigenvalue weighted by molar-refractivity contribution is 0.00350.